The van der Waals surface area contributed by atoms with E-state index in [1.54, 1.807) is 6.33 Å². The van der Waals surface area contributed by atoms with Gasteiger partial charge in [0.05, 0.1) is 22.7 Å². The molecule has 0 bridgehead atoms. The number of benzene rings is 7. The van der Waals surface area contributed by atoms with Crippen LogP contribution >= 0.6 is 0 Å². The fourth-order valence-corrected chi connectivity index (χ4v) is 7.42. The molecular weight excluding hydrogens is 609 g/mol. The fourth-order valence-electron chi connectivity index (χ4n) is 7.42. The minimum absolute atomic E-state index is 0.954. The lowest BCUT2D eigenvalue weighted by Gasteiger charge is -2.10. The Morgan fingerprint density at radius 3 is 1.72 bits per heavy atom. The summed E-state index contributed by atoms with van der Waals surface area (Å²) in [5.41, 5.74) is 16.0. The van der Waals surface area contributed by atoms with E-state index in [4.69, 9.17) is 4.98 Å². The molecule has 0 radical (unpaired) electrons. The molecule has 4 nitrogen and oxygen atoms in total. The van der Waals surface area contributed by atoms with Crippen LogP contribution in [-0.2, 0) is 0 Å². The van der Waals surface area contributed by atoms with E-state index < -0.39 is 0 Å². The van der Waals surface area contributed by atoms with Gasteiger partial charge in [-0.05, 0) is 93.0 Å². The summed E-state index contributed by atoms with van der Waals surface area (Å²) in [6, 6.07) is 58.8. The highest BCUT2D eigenvalue weighted by Crippen LogP contribution is 2.36. The van der Waals surface area contributed by atoms with Crippen molar-refractivity contribution in [3.05, 3.63) is 176 Å². The van der Waals surface area contributed by atoms with Crippen molar-refractivity contribution < 1.29 is 0 Å². The van der Waals surface area contributed by atoms with Gasteiger partial charge in [0, 0.05) is 32.9 Å². The highest BCUT2D eigenvalue weighted by Gasteiger charge is 2.15. The van der Waals surface area contributed by atoms with Crippen LogP contribution in [0.1, 0.15) is 0 Å². The minimum atomic E-state index is 0.954. The number of nitrogens with one attached hydrogen (secondary N) is 1. The first kappa shape index (κ1) is 28.3. The van der Waals surface area contributed by atoms with Gasteiger partial charge in [-0.1, -0.05) is 115 Å². The summed E-state index contributed by atoms with van der Waals surface area (Å²) in [6.07, 6.45) is 3.53. The summed E-state index contributed by atoms with van der Waals surface area (Å²) in [7, 11) is 0. The van der Waals surface area contributed by atoms with E-state index in [0.29, 0.717) is 0 Å². The van der Waals surface area contributed by atoms with E-state index >= 15 is 0 Å². The molecule has 1 N–H and O–H groups in total. The Morgan fingerprint density at radius 2 is 0.980 bits per heavy atom. The third-order valence-corrected chi connectivity index (χ3v) is 9.89. The SMILES string of the molecule is c1ccc(-n2c3ccc(-c4cccc(-c5ccc(-c6cccc(-c7ccc8c(c7)[nH]c7ccccc78)c6)cc5)c4)cc3c3ncncc32)cc1. The van der Waals surface area contributed by atoms with Gasteiger partial charge in [0.1, 0.15) is 6.33 Å². The van der Waals surface area contributed by atoms with Gasteiger partial charge in [0.15, 0.2) is 0 Å². The van der Waals surface area contributed by atoms with Crippen LogP contribution in [0, 0.1) is 0 Å². The van der Waals surface area contributed by atoms with E-state index in [9.17, 15) is 0 Å². The van der Waals surface area contributed by atoms with Gasteiger partial charge in [0.25, 0.3) is 0 Å². The predicted octanol–water partition coefficient (Wildman–Crippen LogP) is 11.9. The van der Waals surface area contributed by atoms with E-state index in [2.05, 4.69) is 172 Å². The Balaban J connectivity index is 0.962. The number of H-pyrrole nitrogens is 1. The van der Waals surface area contributed by atoms with Crippen LogP contribution in [0.3, 0.4) is 0 Å². The Hall–Kier alpha value is -6.78. The molecule has 0 saturated carbocycles. The predicted molar refractivity (Wildman–Crippen MR) is 207 cm³/mol. The number of aromatic amines is 1. The summed E-state index contributed by atoms with van der Waals surface area (Å²) >= 11 is 0. The smallest absolute Gasteiger partial charge is 0.116 e. The Labute approximate surface area is 289 Å². The van der Waals surface area contributed by atoms with Crippen molar-refractivity contribution in [3.63, 3.8) is 0 Å². The number of hydrogen-bond donors (Lipinski definition) is 1. The van der Waals surface area contributed by atoms with E-state index in [1.807, 2.05) is 12.3 Å². The highest BCUT2D eigenvalue weighted by atomic mass is 15.0. The van der Waals surface area contributed by atoms with E-state index in [1.165, 1.54) is 55.2 Å². The molecule has 0 aliphatic carbocycles. The van der Waals surface area contributed by atoms with Crippen molar-refractivity contribution >= 4 is 43.7 Å². The average Bonchev–Trinajstić information content (AvgIpc) is 3.73. The van der Waals surface area contributed by atoms with Crippen LogP contribution in [-0.4, -0.2) is 19.5 Å². The monoisotopic (exact) mass is 638 g/mol. The van der Waals surface area contributed by atoms with Crippen LogP contribution < -0.4 is 0 Å². The van der Waals surface area contributed by atoms with E-state index in [-0.39, 0.29) is 0 Å². The zero-order valence-corrected chi connectivity index (χ0v) is 27.1. The van der Waals surface area contributed by atoms with Gasteiger partial charge in [0.2, 0.25) is 0 Å². The zero-order chi connectivity index (χ0) is 33.0. The maximum absolute atomic E-state index is 4.70. The normalized spacial score (nSPS) is 11.6. The molecule has 234 valence electrons. The largest absolute Gasteiger partial charge is 0.354 e. The first-order valence-corrected chi connectivity index (χ1v) is 16.9. The van der Waals surface area contributed by atoms with Gasteiger partial charge >= 0.3 is 0 Å². The number of fused-ring (bicyclic) bond motifs is 6. The van der Waals surface area contributed by atoms with Gasteiger partial charge < -0.3 is 9.55 Å². The molecular formula is C46H30N4. The molecule has 0 unspecified atom stereocenters. The van der Waals surface area contributed by atoms with Gasteiger partial charge in [-0.3, -0.25) is 0 Å². The second kappa shape index (κ2) is 11.4. The first-order valence-electron chi connectivity index (χ1n) is 16.9. The van der Waals surface area contributed by atoms with Gasteiger partial charge in [-0.15, -0.1) is 0 Å². The lowest BCUT2D eigenvalue weighted by atomic mass is 9.95. The van der Waals surface area contributed by atoms with Gasteiger partial charge in [-0.25, -0.2) is 9.97 Å². The third kappa shape index (κ3) is 4.69. The molecule has 0 fully saturated rings. The summed E-state index contributed by atoms with van der Waals surface area (Å²) in [4.78, 5) is 12.6. The van der Waals surface area contributed by atoms with Gasteiger partial charge in [-0.2, -0.15) is 0 Å². The molecule has 3 aromatic heterocycles. The maximum Gasteiger partial charge on any atom is 0.116 e. The second-order valence-electron chi connectivity index (χ2n) is 12.8. The molecule has 0 atom stereocenters. The molecule has 0 amide bonds. The molecule has 3 heterocycles. The fraction of sp³-hybridized carbons (Fsp3) is 0. The lowest BCUT2D eigenvalue weighted by Crippen LogP contribution is -1.93. The summed E-state index contributed by atoms with van der Waals surface area (Å²) in [5.74, 6) is 0. The van der Waals surface area contributed by atoms with Crippen molar-refractivity contribution in [2.24, 2.45) is 0 Å². The first-order chi connectivity index (χ1) is 24.8. The molecule has 10 rings (SSSR count). The Bertz CT molecular complexity index is 2860. The van der Waals surface area contributed by atoms with Crippen LogP contribution in [0.25, 0.3) is 93.9 Å². The Morgan fingerprint density at radius 1 is 0.400 bits per heavy atom. The molecule has 0 spiro atoms. The molecule has 0 saturated heterocycles. The maximum atomic E-state index is 4.70. The highest BCUT2D eigenvalue weighted by molar-refractivity contribution is 6.09. The number of rotatable bonds is 5. The van der Waals surface area contributed by atoms with Crippen LogP contribution in [0.2, 0.25) is 0 Å². The molecule has 50 heavy (non-hydrogen) atoms. The number of nitrogens with zero attached hydrogens (tertiary/aromatic N) is 3. The third-order valence-electron chi connectivity index (χ3n) is 9.89. The van der Waals surface area contributed by atoms with Crippen molar-refractivity contribution in [2.75, 3.05) is 0 Å². The van der Waals surface area contributed by atoms with Crippen molar-refractivity contribution in [2.45, 2.75) is 0 Å². The molecule has 7 aromatic carbocycles. The molecule has 10 aromatic rings. The second-order valence-corrected chi connectivity index (χ2v) is 12.8. The standard InChI is InChI=1S/C46H30N4/c1-2-12-38(13-3-1)50-44-23-21-36(26-41(44)46-45(50)28-47-29-48-46)34-10-6-8-32(24-34)30-16-18-31(19-17-30)33-9-7-11-35(25-33)37-20-22-40-39-14-4-5-15-42(39)49-43(40)27-37/h1-29,49H. The quantitative estimate of drug-likeness (QED) is 0.204. The lowest BCUT2D eigenvalue weighted by molar-refractivity contribution is 1.14. The average molecular weight is 639 g/mol. The molecule has 0 aliphatic rings. The molecule has 4 heteroatoms. The number of para-hydroxylation sites is 2. The van der Waals surface area contributed by atoms with Crippen LogP contribution in [0.5, 0.6) is 0 Å². The molecule has 0 aliphatic heterocycles. The number of aromatic nitrogens is 4. The summed E-state index contributed by atoms with van der Waals surface area (Å²) in [6.45, 7) is 0. The minimum Gasteiger partial charge on any atom is -0.354 e. The summed E-state index contributed by atoms with van der Waals surface area (Å²) in [5, 5.41) is 3.63. The Kier molecular flexibility index (Phi) is 6.46. The van der Waals surface area contributed by atoms with Crippen molar-refractivity contribution in [3.8, 4) is 50.2 Å². The van der Waals surface area contributed by atoms with Crippen LogP contribution in [0.4, 0.5) is 0 Å². The van der Waals surface area contributed by atoms with Crippen molar-refractivity contribution in [1.82, 2.24) is 19.5 Å². The topological polar surface area (TPSA) is 46.5 Å². The summed E-state index contributed by atoms with van der Waals surface area (Å²) < 4.78 is 2.24. The van der Waals surface area contributed by atoms with Crippen LogP contribution in [0.15, 0.2) is 176 Å². The zero-order valence-electron chi connectivity index (χ0n) is 27.1. The van der Waals surface area contributed by atoms with E-state index in [0.717, 1.165) is 38.7 Å². The number of hydrogen-bond acceptors (Lipinski definition) is 2. The van der Waals surface area contributed by atoms with Crippen molar-refractivity contribution in [1.29, 1.82) is 0 Å².